The van der Waals surface area contributed by atoms with Gasteiger partial charge in [-0.15, -0.1) is 0 Å². The molecule has 1 aliphatic heterocycles. The van der Waals surface area contributed by atoms with Crippen LogP contribution in [0, 0.1) is 0 Å². The van der Waals surface area contributed by atoms with Crippen LogP contribution in [0.3, 0.4) is 0 Å². The average molecular weight is 212 g/mol. The van der Waals surface area contributed by atoms with E-state index in [1.807, 2.05) is 0 Å². The molecule has 1 unspecified atom stereocenters. The molecular weight excluding hydrogens is 196 g/mol. The number of rotatable bonds is 4. The fourth-order valence-corrected chi connectivity index (χ4v) is 2.29. The maximum Gasteiger partial charge on any atom is 0.157 e. The molecule has 0 radical (unpaired) electrons. The molecule has 0 saturated carbocycles. The van der Waals surface area contributed by atoms with Gasteiger partial charge in [-0.2, -0.15) is 11.3 Å². The van der Waals surface area contributed by atoms with Crippen molar-refractivity contribution in [2.24, 2.45) is 0 Å². The van der Waals surface area contributed by atoms with E-state index in [9.17, 15) is 0 Å². The normalized spacial score (nSPS) is 22.4. The molecule has 2 heterocycles. The largest absolute Gasteiger partial charge is 0.353 e. The van der Waals surface area contributed by atoms with Gasteiger partial charge < -0.3 is 9.47 Å². The number of hydrogen-bond acceptors (Lipinski definition) is 3. The molecule has 14 heavy (non-hydrogen) atoms. The molecule has 1 aromatic heterocycles. The summed E-state index contributed by atoms with van der Waals surface area (Å²) >= 11 is 1.74. The van der Waals surface area contributed by atoms with Crippen molar-refractivity contribution in [3.8, 4) is 0 Å². The minimum Gasteiger partial charge on any atom is -0.353 e. The van der Waals surface area contributed by atoms with E-state index in [0.717, 1.165) is 26.1 Å². The van der Waals surface area contributed by atoms with E-state index >= 15 is 0 Å². The van der Waals surface area contributed by atoms with Crippen LogP contribution < -0.4 is 0 Å². The predicted molar refractivity (Wildman–Crippen MR) is 57.6 cm³/mol. The molecule has 2 nitrogen and oxygen atoms in total. The van der Waals surface area contributed by atoms with Crippen molar-refractivity contribution in [1.29, 1.82) is 0 Å². The van der Waals surface area contributed by atoms with Crippen LogP contribution in [0.2, 0.25) is 0 Å². The van der Waals surface area contributed by atoms with Crippen molar-refractivity contribution in [3.63, 3.8) is 0 Å². The van der Waals surface area contributed by atoms with Crippen molar-refractivity contribution in [3.05, 3.63) is 22.4 Å². The molecular formula is C11H16O2S. The summed E-state index contributed by atoms with van der Waals surface area (Å²) in [5.41, 5.74) is 1.37. The Hall–Kier alpha value is -0.380. The third-order valence-corrected chi connectivity index (χ3v) is 3.14. The van der Waals surface area contributed by atoms with E-state index in [1.165, 1.54) is 18.4 Å². The van der Waals surface area contributed by atoms with E-state index in [0.29, 0.717) is 0 Å². The Balaban J connectivity index is 1.62. The monoisotopic (exact) mass is 212 g/mol. The molecule has 0 spiro atoms. The lowest BCUT2D eigenvalue weighted by atomic mass is 10.2. The van der Waals surface area contributed by atoms with Gasteiger partial charge in [0.1, 0.15) is 0 Å². The zero-order valence-electron chi connectivity index (χ0n) is 8.28. The van der Waals surface area contributed by atoms with Gasteiger partial charge in [0.15, 0.2) is 6.29 Å². The van der Waals surface area contributed by atoms with Crippen LogP contribution in [-0.2, 0) is 15.9 Å². The van der Waals surface area contributed by atoms with Gasteiger partial charge in [0.25, 0.3) is 0 Å². The third kappa shape index (κ3) is 3.08. The summed E-state index contributed by atoms with van der Waals surface area (Å²) < 4.78 is 11.1. The van der Waals surface area contributed by atoms with Gasteiger partial charge in [-0.05, 0) is 48.1 Å². The Morgan fingerprint density at radius 1 is 1.50 bits per heavy atom. The van der Waals surface area contributed by atoms with Gasteiger partial charge in [-0.1, -0.05) is 0 Å². The summed E-state index contributed by atoms with van der Waals surface area (Å²) in [6.07, 6.45) is 4.54. The second-order valence-corrected chi connectivity index (χ2v) is 4.33. The second-order valence-electron chi connectivity index (χ2n) is 3.55. The van der Waals surface area contributed by atoms with Gasteiger partial charge in [0, 0.05) is 6.61 Å². The molecule has 1 atom stereocenters. The Kier molecular flexibility index (Phi) is 3.98. The van der Waals surface area contributed by atoms with E-state index in [2.05, 4.69) is 16.8 Å². The summed E-state index contributed by atoms with van der Waals surface area (Å²) in [5.74, 6) is 0. The van der Waals surface area contributed by atoms with E-state index in [-0.39, 0.29) is 6.29 Å². The average Bonchev–Trinajstić information content (AvgIpc) is 2.72. The summed E-state index contributed by atoms with van der Waals surface area (Å²) in [5, 5.41) is 4.28. The van der Waals surface area contributed by atoms with Crippen LogP contribution in [0.15, 0.2) is 16.8 Å². The molecule has 3 heteroatoms. The highest BCUT2D eigenvalue weighted by atomic mass is 32.1. The molecule has 78 valence electrons. The fourth-order valence-electron chi connectivity index (χ4n) is 1.59. The lowest BCUT2D eigenvalue weighted by molar-refractivity contribution is -0.161. The number of hydrogen-bond donors (Lipinski definition) is 0. The molecule has 1 fully saturated rings. The first-order valence-corrected chi connectivity index (χ1v) is 6.14. The van der Waals surface area contributed by atoms with Crippen molar-refractivity contribution < 1.29 is 9.47 Å². The maximum atomic E-state index is 5.64. The van der Waals surface area contributed by atoms with Gasteiger partial charge >= 0.3 is 0 Å². The van der Waals surface area contributed by atoms with Crippen molar-refractivity contribution in [2.45, 2.75) is 32.0 Å². The van der Waals surface area contributed by atoms with Crippen LogP contribution >= 0.6 is 11.3 Å². The quantitative estimate of drug-likeness (QED) is 0.764. The van der Waals surface area contributed by atoms with E-state index in [1.54, 1.807) is 11.3 Å². The summed E-state index contributed by atoms with van der Waals surface area (Å²) in [4.78, 5) is 0. The molecule has 1 aliphatic rings. The summed E-state index contributed by atoms with van der Waals surface area (Å²) in [6.45, 7) is 1.64. The Morgan fingerprint density at radius 3 is 3.21 bits per heavy atom. The predicted octanol–water partition coefficient (Wildman–Crippen LogP) is 2.83. The molecule has 0 amide bonds. The van der Waals surface area contributed by atoms with Gasteiger partial charge in [0.2, 0.25) is 0 Å². The molecule has 0 aromatic carbocycles. The first-order chi connectivity index (χ1) is 6.95. The minimum atomic E-state index is 0.0578. The lowest BCUT2D eigenvalue weighted by Crippen LogP contribution is -2.23. The zero-order valence-corrected chi connectivity index (χ0v) is 9.09. The SMILES string of the molecule is c1cc(CCOC2CCCCO2)cs1. The standard InChI is InChI=1S/C11H16O2S/c1-2-6-12-11(3-1)13-7-4-10-5-8-14-9-10/h5,8-9,11H,1-4,6-7H2. The number of ether oxygens (including phenoxy) is 2. The van der Waals surface area contributed by atoms with Gasteiger partial charge in [-0.25, -0.2) is 0 Å². The first kappa shape index (κ1) is 10.1. The van der Waals surface area contributed by atoms with Crippen molar-refractivity contribution in [2.75, 3.05) is 13.2 Å². The van der Waals surface area contributed by atoms with E-state index < -0.39 is 0 Å². The molecule has 0 N–H and O–H groups in total. The zero-order chi connectivity index (χ0) is 9.64. The molecule has 1 aromatic rings. The smallest absolute Gasteiger partial charge is 0.157 e. The Labute approximate surface area is 88.8 Å². The molecule has 0 aliphatic carbocycles. The maximum absolute atomic E-state index is 5.64. The van der Waals surface area contributed by atoms with Gasteiger partial charge in [0.05, 0.1) is 6.61 Å². The van der Waals surface area contributed by atoms with Crippen molar-refractivity contribution in [1.82, 2.24) is 0 Å². The minimum absolute atomic E-state index is 0.0578. The van der Waals surface area contributed by atoms with Gasteiger partial charge in [-0.3, -0.25) is 0 Å². The van der Waals surface area contributed by atoms with Crippen molar-refractivity contribution >= 4 is 11.3 Å². The molecule has 0 bridgehead atoms. The third-order valence-electron chi connectivity index (χ3n) is 2.41. The summed E-state index contributed by atoms with van der Waals surface area (Å²) in [6, 6.07) is 2.15. The van der Waals surface area contributed by atoms with Crippen LogP contribution in [0.25, 0.3) is 0 Å². The second kappa shape index (κ2) is 5.49. The fraction of sp³-hybridized carbons (Fsp3) is 0.636. The first-order valence-electron chi connectivity index (χ1n) is 5.19. The molecule has 2 rings (SSSR count). The van der Waals surface area contributed by atoms with Crippen LogP contribution in [-0.4, -0.2) is 19.5 Å². The Morgan fingerprint density at radius 2 is 2.50 bits per heavy atom. The highest BCUT2D eigenvalue weighted by Crippen LogP contribution is 2.14. The number of thiophene rings is 1. The summed E-state index contributed by atoms with van der Waals surface area (Å²) in [7, 11) is 0. The lowest BCUT2D eigenvalue weighted by Gasteiger charge is -2.22. The Bertz CT molecular complexity index is 240. The highest BCUT2D eigenvalue weighted by molar-refractivity contribution is 7.07. The van der Waals surface area contributed by atoms with E-state index in [4.69, 9.17) is 9.47 Å². The molecule has 1 saturated heterocycles. The van der Waals surface area contributed by atoms with Crippen LogP contribution in [0.1, 0.15) is 24.8 Å². The van der Waals surface area contributed by atoms with Crippen LogP contribution in [0.4, 0.5) is 0 Å². The topological polar surface area (TPSA) is 18.5 Å². The highest BCUT2D eigenvalue weighted by Gasteiger charge is 2.13. The van der Waals surface area contributed by atoms with Crippen LogP contribution in [0.5, 0.6) is 0 Å².